The van der Waals surface area contributed by atoms with E-state index in [1.807, 2.05) is 30.3 Å². The average Bonchev–Trinajstić information content (AvgIpc) is 3.02. The van der Waals surface area contributed by atoms with Crippen molar-refractivity contribution in [1.29, 1.82) is 0 Å². The third kappa shape index (κ3) is 2.64. The molecule has 2 unspecified atom stereocenters. The molecule has 3 aliphatic rings. The number of carbonyl (C=O) groups is 1. The number of ketones is 1. The van der Waals surface area contributed by atoms with Crippen molar-refractivity contribution in [3.63, 3.8) is 0 Å². The zero-order valence-corrected chi connectivity index (χ0v) is 13.7. The van der Waals surface area contributed by atoms with Crippen LogP contribution in [0.2, 0.25) is 0 Å². The van der Waals surface area contributed by atoms with Gasteiger partial charge in [-0.3, -0.25) is 4.79 Å². The van der Waals surface area contributed by atoms with E-state index < -0.39 is 5.60 Å². The van der Waals surface area contributed by atoms with Gasteiger partial charge in [0.25, 0.3) is 0 Å². The quantitative estimate of drug-likeness (QED) is 0.849. The average molecular weight is 313 g/mol. The fourth-order valence-electron chi connectivity index (χ4n) is 5.12. The lowest BCUT2D eigenvalue weighted by Crippen LogP contribution is -2.42. The van der Waals surface area contributed by atoms with Gasteiger partial charge in [-0.1, -0.05) is 43.2 Å². The molecule has 0 amide bonds. The number of piperidine rings is 1. The van der Waals surface area contributed by atoms with E-state index in [9.17, 15) is 9.90 Å². The molecule has 124 valence electrons. The van der Waals surface area contributed by atoms with Gasteiger partial charge in [-0.25, -0.2) is 0 Å². The van der Waals surface area contributed by atoms with Crippen molar-refractivity contribution in [2.75, 3.05) is 13.1 Å². The molecule has 1 aliphatic heterocycles. The van der Waals surface area contributed by atoms with Crippen molar-refractivity contribution in [3.8, 4) is 0 Å². The summed E-state index contributed by atoms with van der Waals surface area (Å²) in [5.74, 6) is 2.44. The van der Waals surface area contributed by atoms with Crippen LogP contribution in [0.1, 0.15) is 44.1 Å². The summed E-state index contributed by atoms with van der Waals surface area (Å²) in [5.41, 5.74) is -0.463. The zero-order valence-electron chi connectivity index (χ0n) is 13.7. The largest absolute Gasteiger partial charge is 0.377 e. The minimum absolute atomic E-state index is 0.0496. The van der Waals surface area contributed by atoms with E-state index in [0.29, 0.717) is 12.3 Å². The van der Waals surface area contributed by atoms with Crippen molar-refractivity contribution in [2.45, 2.75) is 44.1 Å². The molecule has 2 saturated carbocycles. The first-order valence-electron chi connectivity index (χ1n) is 9.23. The van der Waals surface area contributed by atoms with Crippen LogP contribution in [-0.2, 0) is 10.4 Å². The molecule has 2 N–H and O–H groups in total. The van der Waals surface area contributed by atoms with Crippen LogP contribution >= 0.6 is 0 Å². The Morgan fingerprint density at radius 3 is 2.43 bits per heavy atom. The molecular weight excluding hydrogens is 286 g/mol. The lowest BCUT2D eigenvalue weighted by Gasteiger charge is -2.33. The molecule has 1 heterocycles. The van der Waals surface area contributed by atoms with Gasteiger partial charge < -0.3 is 10.4 Å². The molecule has 3 heteroatoms. The smallest absolute Gasteiger partial charge is 0.169 e. The first-order chi connectivity index (χ1) is 11.2. The Hall–Kier alpha value is -1.19. The zero-order chi connectivity index (χ0) is 15.9. The van der Waals surface area contributed by atoms with Gasteiger partial charge in [-0.15, -0.1) is 0 Å². The Balaban J connectivity index is 1.49. The SMILES string of the molecule is O=C(CCC1[C@H]2CNC[C@@H]12)C(O)(c1ccccc1)C1CCCC1. The molecule has 1 aromatic rings. The van der Waals surface area contributed by atoms with E-state index in [0.717, 1.165) is 62.6 Å². The first-order valence-corrected chi connectivity index (χ1v) is 9.23. The molecule has 23 heavy (non-hydrogen) atoms. The third-order valence-electron chi connectivity index (χ3n) is 6.56. The number of benzene rings is 1. The first kappa shape index (κ1) is 15.3. The fraction of sp³-hybridized carbons (Fsp3) is 0.650. The Labute approximate surface area is 138 Å². The monoisotopic (exact) mass is 313 g/mol. The summed E-state index contributed by atoms with van der Waals surface area (Å²) in [6.07, 6.45) is 5.68. The van der Waals surface area contributed by atoms with E-state index in [1.54, 1.807) is 0 Å². The molecule has 0 spiro atoms. The van der Waals surface area contributed by atoms with Gasteiger partial charge in [0.15, 0.2) is 11.4 Å². The Bertz CT molecular complexity index is 556. The Morgan fingerprint density at radius 2 is 1.78 bits per heavy atom. The van der Waals surface area contributed by atoms with Crippen molar-refractivity contribution in [1.82, 2.24) is 5.32 Å². The summed E-state index contributed by atoms with van der Waals surface area (Å²) in [5, 5.41) is 14.8. The summed E-state index contributed by atoms with van der Waals surface area (Å²) in [6.45, 7) is 2.24. The van der Waals surface area contributed by atoms with Gasteiger partial charge in [0.05, 0.1) is 0 Å². The molecule has 0 aromatic heterocycles. The highest BCUT2D eigenvalue weighted by molar-refractivity contribution is 5.88. The normalized spacial score (nSPS) is 32.5. The van der Waals surface area contributed by atoms with Crippen molar-refractivity contribution >= 4 is 5.78 Å². The van der Waals surface area contributed by atoms with Gasteiger partial charge in [-0.05, 0) is 61.6 Å². The van der Waals surface area contributed by atoms with Crippen LogP contribution in [0.5, 0.6) is 0 Å². The molecule has 4 atom stereocenters. The predicted molar refractivity (Wildman–Crippen MR) is 89.9 cm³/mol. The predicted octanol–water partition coefficient (Wildman–Crippen LogP) is 2.88. The van der Waals surface area contributed by atoms with Crippen LogP contribution in [0, 0.1) is 23.7 Å². The van der Waals surface area contributed by atoms with E-state index in [2.05, 4.69) is 5.32 Å². The third-order valence-corrected chi connectivity index (χ3v) is 6.56. The van der Waals surface area contributed by atoms with E-state index in [-0.39, 0.29) is 11.7 Å². The highest BCUT2D eigenvalue weighted by atomic mass is 16.3. The lowest BCUT2D eigenvalue weighted by molar-refractivity contribution is -0.145. The number of fused-ring (bicyclic) bond motifs is 1. The van der Waals surface area contributed by atoms with Gasteiger partial charge in [0.1, 0.15) is 0 Å². The van der Waals surface area contributed by atoms with Gasteiger partial charge in [-0.2, -0.15) is 0 Å². The highest BCUT2D eigenvalue weighted by Gasteiger charge is 2.53. The molecular formula is C20H27NO2. The van der Waals surface area contributed by atoms with Crippen LogP contribution in [0.4, 0.5) is 0 Å². The van der Waals surface area contributed by atoms with Crippen LogP contribution in [0.3, 0.4) is 0 Å². The Kier molecular flexibility index (Phi) is 4.02. The number of hydrogen-bond acceptors (Lipinski definition) is 3. The maximum atomic E-state index is 13.0. The molecule has 0 bridgehead atoms. The van der Waals surface area contributed by atoms with Crippen LogP contribution in [0.15, 0.2) is 30.3 Å². The van der Waals surface area contributed by atoms with Crippen LogP contribution in [-0.4, -0.2) is 24.0 Å². The van der Waals surface area contributed by atoms with Crippen LogP contribution < -0.4 is 5.32 Å². The second kappa shape index (κ2) is 6.03. The minimum atomic E-state index is -1.26. The summed E-state index contributed by atoms with van der Waals surface area (Å²) in [7, 11) is 0. The fourth-order valence-corrected chi connectivity index (χ4v) is 5.12. The van der Waals surface area contributed by atoms with Crippen LogP contribution in [0.25, 0.3) is 0 Å². The molecule has 1 saturated heterocycles. The number of aliphatic hydroxyl groups is 1. The summed E-state index contributed by atoms with van der Waals surface area (Å²) >= 11 is 0. The summed E-state index contributed by atoms with van der Waals surface area (Å²) in [6, 6.07) is 9.65. The summed E-state index contributed by atoms with van der Waals surface area (Å²) in [4.78, 5) is 13.0. The van der Waals surface area contributed by atoms with E-state index in [1.165, 1.54) is 0 Å². The van der Waals surface area contributed by atoms with Gasteiger partial charge in [0, 0.05) is 6.42 Å². The maximum absolute atomic E-state index is 13.0. The second-order valence-corrected chi connectivity index (χ2v) is 7.73. The number of hydrogen-bond donors (Lipinski definition) is 2. The topological polar surface area (TPSA) is 49.3 Å². The molecule has 2 aliphatic carbocycles. The summed E-state index contributed by atoms with van der Waals surface area (Å²) < 4.78 is 0. The lowest BCUT2D eigenvalue weighted by atomic mass is 9.75. The molecule has 4 rings (SSSR count). The minimum Gasteiger partial charge on any atom is -0.377 e. The number of carbonyl (C=O) groups excluding carboxylic acids is 1. The van der Waals surface area contributed by atoms with E-state index in [4.69, 9.17) is 0 Å². The molecule has 0 radical (unpaired) electrons. The van der Waals surface area contributed by atoms with Crippen molar-refractivity contribution in [2.24, 2.45) is 23.7 Å². The number of rotatable bonds is 6. The number of nitrogens with one attached hydrogen (secondary N) is 1. The molecule has 1 aromatic carbocycles. The highest BCUT2D eigenvalue weighted by Crippen LogP contribution is 2.52. The van der Waals surface area contributed by atoms with Crippen molar-refractivity contribution in [3.05, 3.63) is 35.9 Å². The molecule has 3 fully saturated rings. The van der Waals surface area contributed by atoms with Gasteiger partial charge in [0.2, 0.25) is 0 Å². The maximum Gasteiger partial charge on any atom is 0.169 e. The van der Waals surface area contributed by atoms with Crippen molar-refractivity contribution < 1.29 is 9.90 Å². The second-order valence-electron chi connectivity index (χ2n) is 7.73. The molecule has 3 nitrogen and oxygen atoms in total. The van der Waals surface area contributed by atoms with E-state index >= 15 is 0 Å². The number of Topliss-reactive ketones (excluding diaryl/α,β-unsaturated/α-hetero) is 1. The standard InChI is InChI=1S/C20H27NO2/c22-19(11-10-16-17-12-21-13-18(16)17)20(23,15-8-4-5-9-15)14-6-2-1-3-7-14/h1-3,6-7,15-18,21,23H,4-5,8-13H2/t16?,17-,18+,20?. The van der Waals surface area contributed by atoms with Gasteiger partial charge >= 0.3 is 0 Å². The Morgan fingerprint density at radius 1 is 1.13 bits per heavy atom.